The fourth-order valence-corrected chi connectivity index (χ4v) is 2.75. The van der Waals surface area contributed by atoms with Gasteiger partial charge < -0.3 is 4.74 Å². The zero-order valence-corrected chi connectivity index (χ0v) is 10.0. The van der Waals surface area contributed by atoms with Crippen LogP contribution in [0.1, 0.15) is 13.8 Å². The predicted octanol–water partition coefficient (Wildman–Crippen LogP) is -1.48. The quantitative estimate of drug-likeness (QED) is 0.598. The summed E-state index contributed by atoms with van der Waals surface area (Å²) in [6.07, 6.45) is 0. The van der Waals surface area contributed by atoms with E-state index in [0.29, 0.717) is 0 Å². The third-order valence-corrected chi connectivity index (χ3v) is 4.29. The van der Waals surface area contributed by atoms with Gasteiger partial charge in [-0.05, 0) is 13.8 Å². The first-order chi connectivity index (χ1) is 7.80. The number of imide groups is 2. The van der Waals surface area contributed by atoms with E-state index < -0.39 is 38.4 Å². The molecule has 0 aromatic rings. The van der Waals surface area contributed by atoms with E-state index in [1.165, 1.54) is 6.92 Å². The van der Waals surface area contributed by atoms with Crippen LogP contribution in [0.5, 0.6) is 0 Å². The topological polar surface area (TPSA) is 119 Å². The number of rotatable bonds is 4. The Labute approximate surface area is 97.6 Å². The molecule has 4 amide bonds. The maximum absolute atomic E-state index is 11.8. The highest BCUT2D eigenvalue weighted by molar-refractivity contribution is 7.94. The van der Waals surface area contributed by atoms with Gasteiger partial charge in [0, 0.05) is 6.61 Å². The van der Waals surface area contributed by atoms with E-state index in [9.17, 15) is 22.8 Å². The SMILES string of the molecule is CCOC(C)S(=O)(=O)C1C(=O)NC(=O)NC1=O. The lowest BCUT2D eigenvalue weighted by Gasteiger charge is -2.23. The maximum Gasteiger partial charge on any atom is 0.328 e. The Balaban J connectivity index is 3.02. The number of ether oxygens (including phenoxy) is 1. The molecule has 0 bridgehead atoms. The van der Waals surface area contributed by atoms with Gasteiger partial charge in [0.2, 0.25) is 5.25 Å². The van der Waals surface area contributed by atoms with Crippen LogP contribution in [0, 0.1) is 0 Å². The summed E-state index contributed by atoms with van der Waals surface area (Å²) in [5.74, 6) is -2.32. The minimum absolute atomic E-state index is 0.120. The number of carbonyl (C=O) groups excluding carboxylic acids is 3. The second-order valence-electron chi connectivity index (χ2n) is 3.30. The van der Waals surface area contributed by atoms with Gasteiger partial charge in [-0.2, -0.15) is 0 Å². The molecule has 96 valence electrons. The molecule has 1 aliphatic heterocycles. The number of barbiturate groups is 1. The third kappa shape index (κ3) is 2.61. The van der Waals surface area contributed by atoms with Gasteiger partial charge in [-0.15, -0.1) is 0 Å². The fourth-order valence-electron chi connectivity index (χ4n) is 1.32. The molecule has 1 atom stereocenters. The van der Waals surface area contributed by atoms with Gasteiger partial charge in [0.15, 0.2) is 15.3 Å². The molecule has 0 aromatic carbocycles. The van der Waals surface area contributed by atoms with Crippen molar-refractivity contribution >= 4 is 27.7 Å². The number of sulfone groups is 1. The van der Waals surface area contributed by atoms with Crippen molar-refractivity contribution in [2.45, 2.75) is 24.5 Å². The van der Waals surface area contributed by atoms with Gasteiger partial charge in [0.05, 0.1) is 0 Å². The first kappa shape index (κ1) is 13.6. The van der Waals surface area contributed by atoms with Crippen LogP contribution in [0.4, 0.5) is 4.79 Å². The third-order valence-electron chi connectivity index (χ3n) is 2.14. The second kappa shape index (κ2) is 4.80. The largest absolute Gasteiger partial charge is 0.363 e. The van der Waals surface area contributed by atoms with Gasteiger partial charge in [-0.1, -0.05) is 0 Å². The molecule has 0 radical (unpaired) electrons. The molecule has 8 nitrogen and oxygen atoms in total. The van der Waals surface area contributed by atoms with Gasteiger partial charge in [0.1, 0.15) is 0 Å². The lowest BCUT2D eigenvalue weighted by Crippen LogP contribution is -2.62. The van der Waals surface area contributed by atoms with Gasteiger partial charge in [-0.25, -0.2) is 13.2 Å². The Hall–Kier alpha value is -1.48. The van der Waals surface area contributed by atoms with Crippen LogP contribution in [0.25, 0.3) is 0 Å². The lowest BCUT2D eigenvalue weighted by atomic mass is 10.3. The van der Waals surface area contributed by atoms with Crippen LogP contribution < -0.4 is 10.6 Å². The molecule has 0 aromatic heterocycles. The average molecular weight is 264 g/mol. The Bertz CT molecular complexity index is 437. The van der Waals surface area contributed by atoms with Gasteiger partial charge >= 0.3 is 6.03 Å². The van der Waals surface area contributed by atoms with E-state index in [1.807, 2.05) is 0 Å². The highest BCUT2D eigenvalue weighted by Crippen LogP contribution is 2.13. The molecule has 17 heavy (non-hydrogen) atoms. The van der Waals surface area contributed by atoms with E-state index in [2.05, 4.69) is 0 Å². The van der Waals surface area contributed by atoms with Crippen molar-refractivity contribution in [3.8, 4) is 0 Å². The summed E-state index contributed by atoms with van der Waals surface area (Å²) in [4.78, 5) is 33.4. The molecule has 1 rings (SSSR count). The molecular weight excluding hydrogens is 252 g/mol. The minimum atomic E-state index is -4.14. The standard InChI is InChI=1S/C8H12N2O6S/c1-3-16-4(2)17(14,15)5-6(11)9-8(13)10-7(5)12/h4-5H,3H2,1-2H3,(H2,9,10,11,12,13). The van der Waals surface area contributed by atoms with Crippen molar-refractivity contribution in [1.29, 1.82) is 0 Å². The van der Waals surface area contributed by atoms with Crippen LogP contribution >= 0.6 is 0 Å². The van der Waals surface area contributed by atoms with E-state index >= 15 is 0 Å². The molecule has 1 heterocycles. The summed E-state index contributed by atoms with van der Waals surface area (Å²) in [5, 5.41) is 1.48. The summed E-state index contributed by atoms with van der Waals surface area (Å²) in [6.45, 7) is 2.92. The summed E-state index contributed by atoms with van der Waals surface area (Å²) >= 11 is 0. The number of hydrogen-bond acceptors (Lipinski definition) is 6. The van der Waals surface area contributed by atoms with E-state index in [-0.39, 0.29) is 6.61 Å². The number of urea groups is 1. The Morgan fingerprint density at radius 3 is 2.12 bits per heavy atom. The maximum atomic E-state index is 11.8. The number of amides is 4. The van der Waals surface area contributed by atoms with E-state index in [1.54, 1.807) is 17.6 Å². The zero-order valence-electron chi connectivity index (χ0n) is 9.22. The Morgan fingerprint density at radius 1 is 1.24 bits per heavy atom. The van der Waals surface area contributed by atoms with Crippen LogP contribution in [0.15, 0.2) is 0 Å². The van der Waals surface area contributed by atoms with Gasteiger partial charge in [0.25, 0.3) is 11.8 Å². The number of hydrogen-bond donors (Lipinski definition) is 2. The van der Waals surface area contributed by atoms with Crippen molar-refractivity contribution in [2.24, 2.45) is 0 Å². The van der Waals surface area contributed by atoms with Crippen LogP contribution in [0.2, 0.25) is 0 Å². The monoisotopic (exact) mass is 264 g/mol. The average Bonchev–Trinajstić information content (AvgIpc) is 2.15. The van der Waals surface area contributed by atoms with E-state index in [4.69, 9.17) is 4.74 Å². The Kier molecular flexibility index (Phi) is 3.83. The first-order valence-corrected chi connectivity index (χ1v) is 6.41. The van der Waals surface area contributed by atoms with Crippen LogP contribution in [0.3, 0.4) is 0 Å². The van der Waals surface area contributed by atoms with Crippen molar-refractivity contribution in [1.82, 2.24) is 10.6 Å². The molecule has 1 aliphatic rings. The Morgan fingerprint density at radius 2 is 1.71 bits per heavy atom. The van der Waals surface area contributed by atoms with E-state index in [0.717, 1.165) is 0 Å². The van der Waals surface area contributed by atoms with Crippen molar-refractivity contribution in [2.75, 3.05) is 6.61 Å². The summed E-state index contributed by atoms with van der Waals surface area (Å²) in [6, 6.07) is -1.03. The molecular formula is C8H12N2O6S. The van der Waals surface area contributed by atoms with Crippen molar-refractivity contribution < 1.29 is 27.5 Å². The highest BCUT2D eigenvalue weighted by atomic mass is 32.2. The van der Waals surface area contributed by atoms with Crippen LogP contribution in [-0.2, 0) is 24.2 Å². The molecule has 0 saturated carbocycles. The zero-order chi connectivity index (χ0) is 13.2. The summed E-state index contributed by atoms with van der Waals surface area (Å²) in [7, 11) is -4.14. The molecule has 2 N–H and O–H groups in total. The fraction of sp³-hybridized carbons (Fsp3) is 0.625. The second-order valence-corrected chi connectivity index (χ2v) is 5.61. The number of carbonyl (C=O) groups is 3. The van der Waals surface area contributed by atoms with Crippen molar-refractivity contribution in [3.05, 3.63) is 0 Å². The van der Waals surface area contributed by atoms with Crippen molar-refractivity contribution in [3.63, 3.8) is 0 Å². The molecule has 0 spiro atoms. The molecule has 1 saturated heterocycles. The first-order valence-electron chi connectivity index (χ1n) is 4.80. The number of nitrogens with one attached hydrogen (secondary N) is 2. The molecule has 1 unspecified atom stereocenters. The van der Waals surface area contributed by atoms with Crippen LogP contribution in [-0.4, -0.2) is 43.6 Å². The highest BCUT2D eigenvalue weighted by Gasteiger charge is 2.46. The predicted molar refractivity (Wildman–Crippen MR) is 55.5 cm³/mol. The minimum Gasteiger partial charge on any atom is -0.363 e. The summed E-state index contributed by atoms with van der Waals surface area (Å²) in [5.41, 5.74) is -1.30. The smallest absolute Gasteiger partial charge is 0.328 e. The molecule has 9 heteroatoms. The normalized spacial score (nSPS) is 19.8. The summed E-state index contributed by atoms with van der Waals surface area (Å²) < 4.78 is 28.5. The molecule has 0 aliphatic carbocycles. The lowest BCUT2D eigenvalue weighted by molar-refractivity contribution is -0.129. The van der Waals surface area contributed by atoms with Gasteiger partial charge in [-0.3, -0.25) is 20.2 Å². The molecule has 1 fully saturated rings.